The zero-order valence-corrected chi connectivity index (χ0v) is 13.4. The number of oxazole rings is 1. The van der Waals surface area contributed by atoms with Gasteiger partial charge in [0.25, 0.3) is 10.2 Å². The van der Waals surface area contributed by atoms with Crippen LogP contribution in [0.1, 0.15) is 37.8 Å². The van der Waals surface area contributed by atoms with Gasteiger partial charge in [0.05, 0.1) is 12.7 Å². The van der Waals surface area contributed by atoms with Crippen LogP contribution >= 0.6 is 0 Å². The van der Waals surface area contributed by atoms with Gasteiger partial charge >= 0.3 is 0 Å². The van der Waals surface area contributed by atoms with Crippen molar-refractivity contribution in [3.05, 3.63) is 17.8 Å². The molecule has 1 atom stereocenters. The Labute approximate surface area is 126 Å². The van der Waals surface area contributed by atoms with Crippen LogP contribution in [0.25, 0.3) is 0 Å². The molecule has 0 amide bonds. The molecular weight excluding hydrogens is 292 g/mol. The molecule has 0 saturated carbocycles. The highest BCUT2D eigenvalue weighted by Gasteiger charge is 2.31. The maximum absolute atomic E-state index is 12.4. The summed E-state index contributed by atoms with van der Waals surface area (Å²) in [6.45, 7) is 3.28. The summed E-state index contributed by atoms with van der Waals surface area (Å²) >= 11 is 0. The highest BCUT2D eigenvalue weighted by molar-refractivity contribution is 7.87. The molecule has 7 nitrogen and oxygen atoms in total. The average Bonchev–Trinajstić information content (AvgIpc) is 2.94. The van der Waals surface area contributed by atoms with Crippen molar-refractivity contribution in [2.75, 3.05) is 20.1 Å². The molecule has 1 saturated heterocycles. The molecule has 1 aliphatic rings. The molecule has 21 heavy (non-hydrogen) atoms. The van der Waals surface area contributed by atoms with Crippen LogP contribution in [0.4, 0.5) is 0 Å². The Balaban J connectivity index is 1.99. The molecule has 2 rings (SSSR count). The van der Waals surface area contributed by atoms with Gasteiger partial charge < -0.3 is 9.73 Å². The molecule has 1 aliphatic heterocycles. The van der Waals surface area contributed by atoms with Crippen molar-refractivity contribution in [2.24, 2.45) is 0 Å². The van der Waals surface area contributed by atoms with Crippen molar-refractivity contribution in [3.63, 3.8) is 0 Å². The SMILES string of the molecule is CCc1cnc(CNS(=O)(=O)N2CCCCC2CNC)o1. The molecule has 1 aromatic rings. The second-order valence-corrected chi connectivity index (χ2v) is 6.93. The fourth-order valence-corrected chi connectivity index (χ4v) is 3.97. The zero-order chi connectivity index (χ0) is 15.3. The predicted molar refractivity (Wildman–Crippen MR) is 79.9 cm³/mol. The second kappa shape index (κ2) is 7.35. The van der Waals surface area contributed by atoms with Crippen LogP contribution in [0.2, 0.25) is 0 Å². The van der Waals surface area contributed by atoms with E-state index in [-0.39, 0.29) is 12.6 Å². The molecular formula is C13H24N4O3S. The van der Waals surface area contributed by atoms with Crippen molar-refractivity contribution in [2.45, 2.75) is 45.2 Å². The topological polar surface area (TPSA) is 87.5 Å². The third-order valence-corrected chi connectivity index (χ3v) is 5.28. The molecule has 0 aromatic carbocycles. The first-order valence-corrected chi connectivity index (χ1v) is 8.85. The standard InChI is InChI=1S/C13H24N4O3S/c1-3-12-9-15-13(20-12)10-16-21(18,19)17-7-5-4-6-11(17)8-14-2/h9,11,14,16H,3-8,10H2,1-2H3. The van der Waals surface area contributed by atoms with Crippen molar-refractivity contribution < 1.29 is 12.8 Å². The molecule has 8 heteroatoms. The molecule has 1 unspecified atom stereocenters. The van der Waals surface area contributed by atoms with Crippen molar-refractivity contribution >= 4 is 10.2 Å². The van der Waals surface area contributed by atoms with E-state index in [1.807, 2.05) is 14.0 Å². The van der Waals surface area contributed by atoms with E-state index in [0.717, 1.165) is 31.4 Å². The summed E-state index contributed by atoms with van der Waals surface area (Å²) < 4.78 is 34.4. The quantitative estimate of drug-likeness (QED) is 0.771. The first-order valence-electron chi connectivity index (χ1n) is 7.41. The van der Waals surface area contributed by atoms with E-state index in [9.17, 15) is 8.42 Å². The van der Waals surface area contributed by atoms with Gasteiger partial charge in [-0.2, -0.15) is 17.4 Å². The van der Waals surface area contributed by atoms with Gasteiger partial charge in [-0.15, -0.1) is 0 Å². The zero-order valence-electron chi connectivity index (χ0n) is 12.6. The Bertz CT molecular complexity index is 541. The number of nitrogens with zero attached hydrogens (tertiary/aromatic N) is 2. The maximum atomic E-state index is 12.4. The minimum Gasteiger partial charge on any atom is -0.444 e. The van der Waals surface area contributed by atoms with E-state index in [1.54, 1.807) is 10.5 Å². The highest BCUT2D eigenvalue weighted by atomic mass is 32.2. The average molecular weight is 316 g/mol. The maximum Gasteiger partial charge on any atom is 0.280 e. The molecule has 2 heterocycles. The van der Waals surface area contributed by atoms with Crippen LogP contribution in [0.5, 0.6) is 0 Å². The van der Waals surface area contributed by atoms with Gasteiger partial charge in [0.2, 0.25) is 5.89 Å². The Kier molecular flexibility index (Phi) is 5.74. The lowest BCUT2D eigenvalue weighted by molar-refractivity contribution is 0.245. The Morgan fingerprint density at radius 1 is 1.48 bits per heavy atom. The number of nitrogens with one attached hydrogen (secondary N) is 2. The van der Waals surface area contributed by atoms with Crippen LogP contribution in [-0.2, 0) is 23.2 Å². The largest absolute Gasteiger partial charge is 0.444 e. The Morgan fingerprint density at radius 3 is 2.95 bits per heavy atom. The van der Waals surface area contributed by atoms with Crippen LogP contribution in [-0.4, -0.2) is 43.9 Å². The molecule has 0 spiro atoms. The first-order chi connectivity index (χ1) is 10.1. The van der Waals surface area contributed by atoms with Crippen LogP contribution in [0.15, 0.2) is 10.6 Å². The number of hydrogen-bond acceptors (Lipinski definition) is 5. The molecule has 0 radical (unpaired) electrons. The number of hydrogen-bond donors (Lipinski definition) is 2. The molecule has 2 N–H and O–H groups in total. The van der Waals surface area contributed by atoms with Crippen molar-refractivity contribution in [1.82, 2.24) is 19.3 Å². The van der Waals surface area contributed by atoms with Gasteiger partial charge in [0.15, 0.2) is 0 Å². The summed E-state index contributed by atoms with van der Waals surface area (Å²) in [5.41, 5.74) is 0. The lowest BCUT2D eigenvalue weighted by Gasteiger charge is -2.34. The minimum absolute atomic E-state index is 0.0111. The van der Waals surface area contributed by atoms with E-state index in [0.29, 0.717) is 19.0 Å². The third-order valence-electron chi connectivity index (χ3n) is 3.68. The van der Waals surface area contributed by atoms with E-state index in [1.165, 1.54) is 0 Å². The van der Waals surface area contributed by atoms with Gasteiger partial charge in [-0.3, -0.25) is 0 Å². The first kappa shape index (κ1) is 16.4. The van der Waals surface area contributed by atoms with Crippen LogP contribution in [0, 0.1) is 0 Å². The number of piperidine rings is 1. The smallest absolute Gasteiger partial charge is 0.280 e. The highest BCUT2D eigenvalue weighted by Crippen LogP contribution is 2.19. The number of likely N-dealkylation sites (N-methyl/N-ethyl adjacent to an activating group) is 1. The lowest BCUT2D eigenvalue weighted by Crippen LogP contribution is -2.51. The monoisotopic (exact) mass is 316 g/mol. The van der Waals surface area contributed by atoms with Gasteiger partial charge in [0, 0.05) is 25.6 Å². The van der Waals surface area contributed by atoms with E-state index >= 15 is 0 Å². The summed E-state index contributed by atoms with van der Waals surface area (Å²) in [4.78, 5) is 4.07. The summed E-state index contributed by atoms with van der Waals surface area (Å²) in [5.74, 6) is 1.16. The summed E-state index contributed by atoms with van der Waals surface area (Å²) in [6, 6.07) is 0.0111. The third kappa shape index (κ3) is 4.26. The molecule has 0 bridgehead atoms. The van der Waals surface area contributed by atoms with E-state index in [2.05, 4.69) is 15.0 Å². The van der Waals surface area contributed by atoms with Crippen LogP contribution in [0.3, 0.4) is 0 Å². The minimum atomic E-state index is -3.51. The van der Waals surface area contributed by atoms with Gasteiger partial charge in [-0.1, -0.05) is 13.3 Å². The normalized spacial score (nSPS) is 20.8. The number of aromatic nitrogens is 1. The summed E-state index contributed by atoms with van der Waals surface area (Å²) in [6.07, 6.45) is 5.24. The lowest BCUT2D eigenvalue weighted by atomic mass is 10.1. The molecule has 120 valence electrons. The van der Waals surface area contributed by atoms with Gasteiger partial charge in [-0.05, 0) is 19.9 Å². The van der Waals surface area contributed by atoms with Crippen LogP contribution < -0.4 is 10.0 Å². The van der Waals surface area contributed by atoms with Gasteiger partial charge in [0.1, 0.15) is 5.76 Å². The molecule has 0 aliphatic carbocycles. The van der Waals surface area contributed by atoms with Crippen molar-refractivity contribution in [1.29, 1.82) is 0 Å². The number of rotatable bonds is 7. The molecule has 1 fully saturated rings. The predicted octanol–water partition coefficient (Wildman–Crippen LogP) is 0.645. The number of aryl methyl sites for hydroxylation is 1. The summed E-state index contributed by atoms with van der Waals surface area (Å²) in [7, 11) is -1.67. The fourth-order valence-electron chi connectivity index (χ4n) is 2.56. The summed E-state index contributed by atoms with van der Waals surface area (Å²) in [5, 5.41) is 3.06. The van der Waals surface area contributed by atoms with Gasteiger partial charge in [-0.25, -0.2) is 4.98 Å². The van der Waals surface area contributed by atoms with Crippen molar-refractivity contribution in [3.8, 4) is 0 Å². The van der Waals surface area contributed by atoms with E-state index in [4.69, 9.17) is 4.42 Å². The second-order valence-electron chi connectivity index (χ2n) is 5.22. The molecule has 1 aromatic heterocycles. The van der Waals surface area contributed by atoms with E-state index < -0.39 is 10.2 Å². The Morgan fingerprint density at radius 2 is 2.29 bits per heavy atom. The Hall–Kier alpha value is -0.960. The fraction of sp³-hybridized carbons (Fsp3) is 0.769.